The van der Waals surface area contributed by atoms with Crippen LogP contribution in [-0.2, 0) is 14.6 Å². The first-order valence-electron chi connectivity index (χ1n) is 10.2. The van der Waals surface area contributed by atoms with E-state index < -0.39 is 9.84 Å². The lowest BCUT2D eigenvalue weighted by Crippen LogP contribution is -2.21. The van der Waals surface area contributed by atoms with Crippen molar-refractivity contribution in [2.45, 2.75) is 31.3 Å². The lowest BCUT2D eigenvalue weighted by molar-refractivity contribution is 0.0785. The number of amides is 1. The summed E-state index contributed by atoms with van der Waals surface area (Å²) in [5.41, 5.74) is 1.15. The number of nitrogens with one attached hydrogen (secondary N) is 1. The lowest BCUT2D eigenvalue weighted by Gasteiger charge is -2.18. The lowest BCUT2D eigenvalue weighted by atomic mass is 10.2. The highest BCUT2D eigenvalue weighted by Gasteiger charge is 2.16. The molecule has 33 heavy (non-hydrogen) atoms. The molecule has 1 amide bonds. The van der Waals surface area contributed by atoms with E-state index in [4.69, 9.17) is 14.2 Å². The van der Waals surface area contributed by atoms with Gasteiger partial charge in [0.05, 0.1) is 17.2 Å². The highest BCUT2D eigenvalue weighted by atomic mass is 32.2. The maximum atomic E-state index is 12.9. The van der Waals surface area contributed by atoms with E-state index in [9.17, 15) is 13.2 Å². The predicted molar refractivity (Wildman–Crippen MR) is 127 cm³/mol. The van der Waals surface area contributed by atoms with E-state index in [1.807, 2.05) is 19.2 Å². The fourth-order valence-corrected chi connectivity index (χ4v) is 4.23. The molecule has 1 atom stereocenters. The molecule has 0 aliphatic heterocycles. The Morgan fingerprint density at radius 3 is 2.39 bits per heavy atom. The van der Waals surface area contributed by atoms with Gasteiger partial charge >= 0.3 is 0 Å². The predicted octanol–water partition coefficient (Wildman–Crippen LogP) is 4.70. The molecule has 1 unspecified atom stereocenters. The third-order valence-corrected chi connectivity index (χ3v) is 6.58. The van der Waals surface area contributed by atoms with Gasteiger partial charge in [-0.1, -0.05) is 6.92 Å². The molecule has 0 spiro atoms. The van der Waals surface area contributed by atoms with E-state index in [0.29, 0.717) is 41.0 Å². The number of nitrogens with zero attached hydrogens (tertiary/aromatic N) is 1. The number of rotatable bonds is 10. The van der Waals surface area contributed by atoms with Crippen molar-refractivity contribution in [1.82, 2.24) is 4.98 Å². The minimum Gasteiger partial charge on any atom is -0.488 e. The smallest absolute Gasteiger partial charge is 0.257 e. The third-order valence-electron chi connectivity index (χ3n) is 4.58. The van der Waals surface area contributed by atoms with E-state index in [1.54, 1.807) is 37.4 Å². The number of benzene rings is 2. The minimum absolute atomic E-state index is 0.191. The van der Waals surface area contributed by atoms with Gasteiger partial charge in [-0.2, -0.15) is 0 Å². The average Bonchev–Trinajstić information content (AvgIpc) is 3.17. The Hall–Kier alpha value is -2.95. The number of anilines is 1. The molecule has 1 heterocycles. The Labute approximate surface area is 197 Å². The van der Waals surface area contributed by atoms with Crippen molar-refractivity contribution in [1.29, 1.82) is 0 Å². The van der Waals surface area contributed by atoms with Crippen LogP contribution in [0.3, 0.4) is 0 Å². The summed E-state index contributed by atoms with van der Waals surface area (Å²) in [4.78, 5) is 17.3. The summed E-state index contributed by atoms with van der Waals surface area (Å²) in [6.45, 7) is 4.22. The van der Waals surface area contributed by atoms with Gasteiger partial charge in [0, 0.05) is 30.4 Å². The van der Waals surface area contributed by atoms with Gasteiger partial charge in [0.15, 0.2) is 15.0 Å². The summed E-state index contributed by atoms with van der Waals surface area (Å²) in [5, 5.41) is 5.12. The quantitative estimate of drug-likeness (QED) is 0.439. The molecule has 0 radical (unpaired) electrons. The van der Waals surface area contributed by atoms with E-state index in [2.05, 4.69) is 10.3 Å². The summed E-state index contributed by atoms with van der Waals surface area (Å²) < 4.78 is 40.5. The second-order valence-corrected chi connectivity index (χ2v) is 10.3. The SMILES string of the molecule is CCC(COC)Oc1cc(Oc2ccc(S(C)(=O)=O)cc2)cc(C(=O)Nc2nc(C)cs2)c1. The number of aromatic nitrogens is 1. The molecular weight excluding hydrogens is 464 g/mol. The number of thiazole rings is 1. The maximum absolute atomic E-state index is 12.9. The zero-order valence-corrected chi connectivity index (χ0v) is 20.5. The van der Waals surface area contributed by atoms with Crippen molar-refractivity contribution >= 4 is 32.2 Å². The van der Waals surface area contributed by atoms with Crippen LogP contribution < -0.4 is 14.8 Å². The fourth-order valence-electron chi connectivity index (χ4n) is 2.91. The molecular formula is C23H26N2O6S2. The van der Waals surface area contributed by atoms with Crippen molar-refractivity contribution in [3.63, 3.8) is 0 Å². The van der Waals surface area contributed by atoms with E-state index in [0.717, 1.165) is 11.9 Å². The molecule has 0 aliphatic carbocycles. The van der Waals surface area contributed by atoms with Crippen LogP contribution in [0, 0.1) is 6.92 Å². The molecule has 3 rings (SSSR count). The Balaban J connectivity index is 1.89. The molecule has 8 nitrogen and oxygen atoms in total. The van der Waals surface area contributed by atoms with Crippen molar-refractivity contribution in [2.75, 3.05) is 25.3 Å². The molecule has 1 N–H and O–H groups in total. The number of hydrogen-bond acceptors (Lipinski definition) is 8. The Morgan fingerprint density at radius 2 is 1.82 bits per heavy atom. The number of carbonyl (C=O) groups is 1. The average molecular weight is 491 g/mol. The first-order chi connectivity index (χ1) is 15.7. The molecule has 0 saturated heterocycles. The van der Waals surface area contributed by atoms with Crippen molar-refractivity contribution in [3.8, 4) is 17.2 Å². The van der Waals surface area contributed by atoms with Gasteiger partial charge in [-0.15, -0.1) is 11.3 Å². The summed E-state index contributed by atoms with van der Waals surface area (Å²) in [6.07, 6.45) is 1.66. The molecule has 0 aliphatic rings. The van der Waals surface area contributed by atoms with Crippen molar-refractivity contribution in [2.24, 2.45) is 0 Å². The monoisotopic (exact) mass is 490 g/mol. The van der Waals surface area contributed by atoms with Gasteiger partial charge in [-0.05, 0) is 49.7 Å². The Morgan fingerprint density at radius 1 is 1.12 bits per heavy atom. The van der Waals surface area contributed by atoms with Gasteiger partial charge < -0.3 is 14.2 Å². The number of hydrogen-bond donors (Lipinski definition) is 1. The molecule has 3 aromatic rings. The van der Waals surface area contributed by atoms with Gasteiger partial charge in [0.1, 0.15) is 23.4 Å². The number of aryl methyl sites for hydroxylation is 1. The molecule has 10 heteroatoms. The molecule has 1 aromatic heterocycles. The highest BCUT2D eigenvalue weighted by molar-refractivity contribution is 7.90. The largest absolute Gasteiger partial charge is 0.488 e. The van der Waals surface area contributed by atoms with Gasteiger partial charge in [0.25, 0.3) is 5.91 Å². The Bertz CT molecular complexity index is 1210. The van der Waals surface area contributed by atoms with Crippen LogP contribution in [-0.4, -0.2) is 45.4 Å². The van der Waals surface area contributed by atoms with Crippen LogP contribution in [0.25, 0.3) is 0 Å². The van der Waals surface area contributed by atoms with Crippen LogP contribution in [0.4, 0.5) is 5.13 Å². The van der Waals surface area contributed by atoms with Crippen LogP contribution >= 0.6 is 11.3 Å². The summed E-state index contributed by atoms with van der Waals surface area (Å²) >= 11 is 1.34. The van der Waals surface area contributed by atoms with Gasteiger partial charge in [-0.25, -0.2) is 13.4 Å². The zero-order valence-electron chi connectivity index (χ0n) is 18.8. The Kier molecular flexibility index (Phi) is 8.06. The first kappa shape index (κ1) is 24.7. The van der Waals surface area contributed by atoms with Crippen molar-refractivity contribution in [3.05, 3.63) is 59.1 Å². The summed E-state index contributed by atoms with van der Waals surface area (Å²) in [7, 11) is -1.71. The zero-order chi connectivity index (χ0) is 24.0. The van der Waals surface area contributed by atoms with E-state index >= 15 is 0 Å². The topological polar surface area (TPSA) is 104 Å². The molecule has 0 bridgehead atoms. The summed E-state index contributed by atoms with van der Waals surface area (Å²) in [5.74, 6) is 0.884. The number of methoxy groups -OCH3 is 1. The van der Waals surface area contributed by atoms with Crippen molar-refractivity contribution < 1.29 is 27.4 Å². The highest BCUT2D eigenvalue weighted by Crippen LogP contribution is 2.30. The van der Waals surface area contributed by atoms with Crippen LogP contribution in [0.15, 0.2) is 52.7 Å². The van der Waals surface area contributed by atoms with Crippen LogP contribution in [0.2, 0.25) is 0 Å². The fraction of sp³-hybridized carbons (Fsp3) is 0.304. The van der Waals surface area contributed by atoms with Crippen LogP contribution in [0.5, 0.6) is 17.2 Å². The first-order valence-corrected chi connectivity index (χ1v) is 13.0. The number of ether oxygens (including phenoxy) is 3. The van der Waals surface area contributed by atoms with E-state index in [1.165, 1.54) is 23.5 Å². The standard InChI is InChI=1S/C23H26N2O6S2/c1-5-17(13-29-3)30-19-10-16(22(26)25-23-24-15(2)14-32-23)11-20(12-19)31-18-6-8-21(9-7-18)33(4,27)28/h6-12,14,17H,5,13H2,1-4H3,(H,24,25,26). The number of carbonyl (C=O) groups excluding carboxylic acids is 1. The van der Waals surface area contributed by atoms with E-state index in [-0.39, 0.29) is 16.9 Å². The third kappa shape index (κ3) is 7.01. The molecule has 0 saturated carbocycles. The molecule has 176 valence electrons. The normalized spacial score (nSPS) is 12.2. The minimum atomic E-state index is -3.31. The second kappa shape index (κ2) is 10.8. The summed E-state index contributed by atoms with van der Waals surface area (Å²) in [6, 6.07) is 10.9. The van der Waals surface area contributed by atoms with Gasteiger partial charge in [-0.3, -0.25) is 10.1 Å². The van der Waals surface area contributed by atoms with Gasteiger partial charge in [0.2, 0.25) is 0 Å². The molecule has 2 aromatic carbocycles. The van der Waals surface area contributed by atoms with Crippen LogP contribution in [0.1, 0.15) is 29.4 Å². The second-order valence-electron chi connectivity index (χ2n) is 7.39. The molecule has 0 fully saturated rings. The number of sulfone groups is 1. The maximum Gasteiger partial charge on any atom is 0.257 e.